The fourth-order valence-corrected chi connectivity index (χ4v) is 6.15. The molecule has 0 unspecified atom stereocenters. The molecule has 0 spiro atoms. The molecule has 0 atom stereocenters. The predicted octanol–water partition coefficient (Wildman–Crippen LogP) is 3.76. The average molecular weight is 494 g/mol. The molecule has 1 aromatic carbocycles. The predicted molar refractivity (Wildman–Crippen MR) is 128 cm³/mol. The summed E-state index contributed by atoms with van der Waals surface area (Å²) in [7, 11) is -3.47. The number of hydrogen-bond donors (Lipinski definition) is 0. The molecule has 2 heterocycles. The zero-order valence-corrected chi connectivity index (χ0v) is 20.8. The van der Waals surface area contributed by atoms with Gasteiger partial charge in [0, 0.05) is 38.4 Å². The van der Waals surface area contributed by atoms with Gasteiger partial charge in [-0.1, -0.05) is 25.0 Å². The van der Waals surface area contributed by atoms with Crippen LogP contribution >= 0.6 is 11.3 Å². The maximum Gasteiger partial charge on any atom is 0.306 e. The molecule has 1 saturated heterocycles. The van der Waals surface area contributed by atoms with E-state index in [0.717, 1.165) is 31.2 Å². The molecule has 2 aromatic rings. The highest BCUT2D eigenvalue weighted by atomic mass is 32.2. The lowest BCUT2D eigenvalue weighted by atomic mass is 10.1. The maximum atomic E-state index is 12.9. The van der Waals surface area contributed by atoms with Crippen molar-refractivity contribution in [2.24, 2.45) is 0 Å². The van der Waals surface area contributed by atoms with Crippen LogP contribution in [-0.4, -0.2) is 49.2 Å². The van der Waals surface area contributed by atoms with Crippen molar-refractivity contribution in [2.45, 2.75) is 63.9 Å². The molecular formula is C23H31N3O5S2. The monoisotopic (exact) mass is 493 g/mol. The third-order valence-corrected chi connectivity index (χ3v) is 8.42. The largest absolute Gasteiger partial charge is 0.459 e. The van der Waals surface area contributed by atoms with E-state index in [9.17, 15) is 18.0 Å². The van der Waals surface area contributed by atoms with Gasteiger partial charge in [0.05, 0.1) is 10.6 Å². The molecule has 0 N–H and O–H groups in total. The molecule has 0 saturated carbocycles. The number of sulfonamides is 1. The van der Waals surface area contributed by atoms with E-state index in [1.165, 1.54) is 18.3 Å². The number of rotatable bonds is 9. The van der Waals surface area contributed by atoms with Gasteiger partial charge in [0.15, 0.2) is 5.13 Å². The number of hydrogen-bond acceptors (Lipinski definition) is 7. The number of carbonyl (C=O) groups excluding carboxylic acids is 2. The quantitative estimate of drug-likeness (QED) is 0.494. The minimum absolute atomic E-state index is 0.0534. The van der Waals surface area contributed by atoms with Crippen LogP contribution in [0.1, 0.15) is 57.2 Å². The Morgan fingerprint density at radius 3 is 2.39 bits per heavy atom. The average Bonchev–Trinajstić information content (AvgIpc) is 3.07. The topological polar surface area (TPSA) is 96.9 Å². The molecule has 1 amide bonds. The summed E-state index contributed by atoms with van der Waals surface area (Å²) >= 11 is 1.34. The van der Waals surface area contributed by atoms with E-state index in [0.29, 0.717) is 41.8 Å². The summed E-state index contributed by atoms with van der Waals surface area (Å²) < 4.78 is 32.6. The van der Waals surface area contributed by atoms with Crippen molar-refractivity contribution >= 4 is 38.4 Å². The standard InChI is InChI=1S/C23H31N3O5S2/c1-3-26(18(2)27)23-24-20(17-32-23)16-31-22(28)13-10-19-8-11-21(12-9-19)33(29,30)25-14-6-4-5-7-15-25/h8-9,11-12,17H,3-7,10,13-16H2,1-2H3. The van der Waals surface area contributed by atoms with Crippen LogP contribution in [0, 0.1) is 0 Å². The summed E-state index contributed by atoms with van der Waals surface area (Å²) in [4.78, 5) is 30.0. The lowest BCUT2D eigenvalue weighted by Crippen LogP contribution is -2.31. The zero-order chi connectivity index (χ0) is 23.8. The number of ether oxygens (including phenoxy) is 1. The summed E-state index contributed by atoms with van der Waals surface area (Å²) in [6.45, 7) is 5.09. The van der Waals surface area contributed by atoms with Crippen molar-refractivity contribution in [3.63, 3.8) is 0 Å². The second kappa shape index (κ2) is 11.7. The fourth-order valence-electron chi connectivity index (χ4n) is 3.71. The second-order valence-electron chi connectivity index (χ2n) is 8.01. The van der Waals surface area contributed by atoms with Crippen molar-refractivity contribution < 1.29 is 22.7 Å². The van der Waals surface area contributed by atoms with Crippen LogP contribution in [-0.2, 0) is 37.4 Å². The van der Waals surface area contributed by atoms with E-state index in [1.54, 1.807) is 38.9 Å². The van der Waals surface area contributed by atoms with E-state index in [1.807, 2.05) is 6.92 Å². The highest BCUT2D eigenvalue weighted by molar-refractivity contribution is 7.89. The molecule has 33 heavy (non-hydrogen) atoms. The molecule has 1 aliphatic rings. The van der Waals surface area contributed by atoms with E-state index >= 15 is 0 Å². The van der Waals surface area contributed by atoms with E-state index in [-0.39, 0.29) is 24.9 Å². The third-order valence-electron chi connectivity index (χ3n) is 5.59. The molecule has 180 valence electrons. The van der Waals surface area contributed by atoms with Gasteiger partial charge >= 0.3 is 5.97 Å². The lowest BCUT2D eigenvalue weighted by molar-refractivity contribution is -0.145. The van der Waals surface area contributed by atoms with Crippen LogP contribution in [0.4, 0.5) is 5.13 Å². The molecule has 3 rings (SSSR count). The molecule has 1 aromatic heterocycles. The number of thiazole rings is 1. The van der Waals surface area contributed by atoms with Crippen molar-refractivity contribution in [2.75, 3.05) is 24.5 Å². The van der Waals surface area contributed by atoms with E-state index < -0.39 is 10.0 Å². The Morgan fingerprint density at radius 2 is 1.79 bits per heavy atom. The first-order chi connectivity index (χ1) is 15.8. The molecule has 1 aliphatic heterocycles. The molecular weight excluding hydrogens is 462 g/mol. The van der Waals surface area contributed by atoms with Crippen LogP contribution in [0.2, 0.25) is 0 Å². The Labute approximate surface area is 199 Å². The summed E-state index contributed by atoms with van der Waals surface area (Å²) in [6, 6.07) is 6.75. The van der Waals surface area contributed by atoms with E-state index in [2.05, 4.69) is 4.98 Å². The lowest BCUT2D eigenvalue weighted by Gasteiger charge is -2.20. The highest BCUT2D eigenvalue weighted by Gasteiger charge is 2.25. The van der Waals surface area contributed by atoms with Gasteiger partial charge < -0.3 is 4.74 Å². The molecule has 1 fully saturated rings. The number of aromatic nitrogens is 1. The van der Waals surface area contributed by atoms with Gasteiger partial charge in [-0.05, 0) is 43.9 Å². The summed E-state index contributed by atoms with van der Waals surface area (Å²) in [5.74, 6) is -0.439. The first-order valence-corrected chi connectivity index (χ1v) is 13.6. The van der Waals surface area contributed by atoms with Crippen LogP contribution < -0.4 is 4.90 Å². The molecule has 8 nitrogen and oxygen atoms in total. The fraction of sp³-hybridized carbons (Fsp3) is 0.522. The van der Waals surface area contributed by atoms with Gasteiger partial charge in [0.2, 0.25) is 15.9 Å². The summed E-state index contributed by atoms with van der Waals surface area (Å²) in [6.07, 6.45) is 4.58. The maximum absolute atomic E-state index is 12.9. The molecule has 10 heteroatoms. The smallest absolute Gasteiger partial charge is 0.306 e. The van der Waals surface area contributed by atoms with Crippen LogP contribution in [0.5, 0.6) is 0 Å². The first kappa shape index (κ1) is 25.3. The Bertz CT molecular complexity index is 1040. The number of anilines is 1. The van der Waals surface area contributed by atoms with Gasteiger partial charge in [-0.2, -0.15) is 4.31 Å². The Morgan fingerprint density at radius 1 is 1.12 bits per heavy atom. The minimum Gasteiger partial charge on any atom is -0.459 e. The normalized spacial score (nSPS) is 15.1. The molecule has 0 aliphatic carbocycles. The first-order valence-electron chi connectivity index (χ1n) is 11.3. The highest BCUT2D eigenvalue weighted by Crippen LogP contribution is 2.22. The van der Waals surface area contributed by atoms with Crippen molar-refractivity contribution in [1.82, 2.24) is 9.29 Å². The third kappa shape index (κ3) is 6.84. The second-order valence-corrected chi connectivity index (χ2v) is 10.8. The summed E-state index contributed by atoms with van der Waals surface area (Å²) in [5.41, 5.74) is 1.48. The van der Waals surface area contributed by atoms with Crippen molar-refractivity contribution in [1.29, 1.82) is 0 Å². The molecule has 0 bridgehead atoms. The van der Waals surface area contributed by atoms with Gasteiger partial charge in [0.25, 0.3) is 0 Å². The number of nitrogens with zero attached hydrogens (tertiary/aromatic N) is 3. The number of aryl methyl sites for hydroxylation is 1. The van der Waals surface area contributed by atoms with Gasteiger partial charge in [-0.15, -0.1) is 11.3 Å². The van der Waals surface area contributed by atoms with Gasteiger partial charge in [0.1, 0.15) is 6.61 Å². The Kier molecular flexibility index (Phi) is 8.99. The number of benzene rings is 1. The Balaban J connectivity index is 1.49. The van der Waals surface area contributed by atoms with E-state index in [4.69, 9.17) is 4.74 Å². The Hall–Kier alpha value is -2.30. The van der Waals surface area contributed by atoms with Crippen LogP contribution in [0.25, 0.3) is 0 Å². The van der Waals surface area contributed by atoms with Gasteiger partial charge in [-0.3, -0.25) is 14.5 Å². The van der Waals surface area contributed by atoms with Crippen molar-refractivity contribution in [3.05, 3.63) is 40.9 Å². The number of carbonyl (C=O) groups is 2. The molecule has 0 radical (unpaired) electrons. The number of amides is 1. The summed E-state index contributed by atoms with van der Waals surface area (Å²) in [5, 5.41) is 2.36. The van der Waals surface area contributed by atoms with Crippen LogP contribution in [0.15, 0.2) is 34.5 Å². The van der Waals surface area contributed by atoms with Gasteiger partial charge in [-0.25, -0.2) is 13.4 Å². The SMILES string of the molecule is CCN(C(C)=O)c1nc(COC(=O)CCc2ccc(S(=O)(=O)N3CCCCCC3)cc2)cs1. The van der Waals surface area contributed by atoms with Crippen LogP contribution in [0.3, 0.4) is 0 Å². The van der Waals surface area contributed by atoms with Crippen molar-refractivity contribution in [3.8, 4) is 0 Å². The number of esters is 1. The zero-order valence-electron chi connectivity index (χ0n) is 19.2. The minimum atomic E-state index is -3.47.